The molecular formula is C13H14FN3OS2. The molecule has 0 aliphatic carbocycles. The van der Waals surface area contributed by atoms with Crippen molar-refractivity contribution >= 4 is 40.9 Å². The van der Waals surface area contributed by atoms with Gasteiger partial charge in [0.15, 0.2) is 4.77 Å². The smallest absolute Gasteiger partial charge is 0.256 e. The molecule has 2 aromatic rings. The van der Waals surface area contributed by atoms with E-state index in [4.69, 9.17) is 12.2 Å². The molecule has 0 radical (unpaired) electrons. The first-order valence-electron chi connectivity index (χ1n) is 6.32. The molecule has 1 saturated heterocycles. The van der Waals surface area contributed by atoms with E-state index in [-0.39, 0.29) is 11.9 Å². The number of aromatic amines is 2. The van der Waals surface area contributed by atoms with Crippen LogP contribution in [0.2, 0.25) is 0 Å². The SMILES string of the molecule is CN(C(=O)c1cc(F)cc2[nH]c(=S)[nH]c12)[C@@H]1CCSC1. The molecule has 7 heteroatoms. The number of aromatic nitrogens is 2. The van der Waals surface area contributed by atoms with Gasteiger partial charge in [0.05, 0.1) is 16.6 Å². The predicted molar refractivity (Wildman–Crippen MR) is 81.3 cm³/mol. The number of nitrogens with zero attached hydrogens (tertiary/aromatic N) is 1. The number of nitrogens with one attached hydrogen (secondary N) is 2. The highest BCUT2D eigenvalue weighted by molar-refractivity contribution is 7.99. The number of amides is 1. The molecular weight excluding hydrogens is 297 g/mol. The fourth-order valence-corrected chi connectivity index (χ4v) is 3.94. The molecule has 0 bridgehead atoms. The second-order valence-corrected chi connectivity index (χ2v) is 6.45. The van der Waals surface area contributed by atoms with Crippen molar-refractivity contribution in [3.8, 4) is 0 Å². The average molecular weight is 311 g/mol. The lowest BCUT2D eigenvalue weighted by atomic mass is 10.1. The minimum atomic E-state index is -0.444. The summed E-state index contributed by atoms with van der Waals surface area (Å²) in [6.45, 7) is 0. The van der Waals surface area contributed by atoms with Crippen molar-refractivity contribution in [3.63, 3.8) is 0 Å². The lowest BCUT2D eigenvalue weighted by molar-refractivity contribution is 0.0749. The van der Waals surface area contributed by atoms with Crippen molar-refractivity contribution < 1.29 is 9.18 Å². The quantitative estimate of drug-likeness (QED) is 0.839. The number of benzene rings is 1. The van der Waals surface area contributed by atoms with E-state index in [0.29, 0.717) is 21.4 Å². The molecule has 1 aliphatic rings. The number of fused-ring (bicyclic) bond motifs is 1. The van der Waals surface area contributed by atoms with Crippen LogP contribution in [0.5, 0.6) is 0 Å². The molecule has 20 heavy (non-hydrogen) atoms. The van der Waals surface area contributed by atoms with Gasteiger partial charge < -0.3 is 14.9 Å². The van der Waals surface area contributed by atoms with E-state index < -0.39 is 5.82 Å². The maximum absolute atomic E-state index is 13.7. The molecule has 0 unspecified atom stereocenters. The van der Waals surface area contributed by atoms with Gasteiger partial charge in [0, 0.05) is 18.8 Å². The van der Waals surface area contributed by atoms with Gasteiger partial charge in [-0.2, -0.15) is 11.8 Å². The molecule has 1 fully saturated rings. The van der Waals surface area contributed by atoms with Crippen molar-refractivity contribution in [2.24, 2.45) is 0 Å². The summed E-state index contributed by atoms with van der Waals surface area (Å²) in [5.74, 6) is 1.38. The molecule has 106 valence electrons. The minimum Gasteiger partial charge on any atom is -0.338 e. The zero-order valence-corrected chi connectivity index (χ0v) is 12.5. The second kappa shape index (κ2) is 5.21. The van der Waals surface area contributed by atoms with E-state index in [9.17, 15) is 9.18 Å². The molecule has 4 nitrogen and oxygen atoms in total. The third kappa shape index (κ3) is 2.35. The Kier molecular flexibility index (Phi) is 3.55. The molecule has 1 aromatic carbocycles. The van der Waals surface area contributed by atoms with Crippen LogP contribution in [0.15, 0.2) is 12.1 Å². The van der Waals surface area contributed by atoms with E-state index in [1.165, 1.54) is 12.1 Å². The van der Waals surface area contributed by atoms with Crippen molar-refractivity contribution in [2.75, 3.05) is 18.6 Å². The lowest BCUT2D eigenvalue weighted by Gasteiger charge is -2.24. The zero-order valence-electron chi connectivity index (χ0n) is 10.9. The fourth-order valence-electron chi connectivity index (χ4n) is 2.46. The molecule has 1 atom stereocenters. The van der Waals surface area contributed by atoms with Gasteiger partial charge in [-0.25, -0.2) is 4.39 Å². The van der Waals surface area contributed by atoms with Gasteiger partial charge in [0.1, 0.15) is 5.82 Å². The fraction of sp³-hybridized carbons (Fsp3) is 0.385. The molecule has 2 N–H and O–H groups in total. The van der Waals surface area contributed by atoms with Crippen molar-refractivity contribution in [1.82, 2.24) is 14.9 Å². The summed E-state index contributed by atoms with van der Waals surface area (Å²) in [7, 11) is 1.77. The Balaban J connectivity index is 2.04. The number of H-pyrrole nitrogens is 2. The molecule has 0 saturated carbocycles. The lowest BCUT2D eigenvalue weighted by Crippen LogP contribution is -2.37. The Morgan fingerprint density at radius 1 is 1.50 bits per heavy atom. The van der Waals surface area contributed by atoms with Crippen LogP contribution in [0.25, 0.3) is 11.0 Å². The van der Waals surface area contributed by atoms with Gasteiger partial charge in [-0.1, -0.05) is 0 Å². The summed E-state index contributed by atoms with van der Waals surface area (Å²) in [5, 5.41) is 0. The number of carbonyl (C=O) groups is 1. The van der Waals surface area contributed by atoms with Crippen molar-refractivity contribution in [3.05, 3.63) is 28.3 Å². The molecule has 2 heterocycles. The third-order valence-electron chi connectivity index (χ3n) is 3.59. The molecule has 3 rings (SSSR count). The Labute approximate surface area is 124 Å². The Morgan fingerprint density at radius 3 is 3.00 bits per heavy atom. The number of halogens is 1. The van der Waals surface area contributed by atoms with Crippen LogP contribution < -0.4 is 0 Å². The number of rotatable bonds is 2. The van der Waals surface area contributed by atoms with E-state index >= 15 is 0 Å². The van der Waals surface area contributed by atoms with E-state index in [1.807, 2.05) is 11.8 Å². The first-order chi connectivity index (χ1) is 9.56. The van der Waals surface area contributed by atoms with Crippen LogP contribution in [-0.2, 0) is 0 Å². The number of imidazole rings is 1. The largest absolute Gasteiger partial charge is 0.338 e. The Morgan fingerprint density at radius 2 is 2.30 bits per heavy atom. The van der Waals surface area contributed by atoms with Gasteiger partial charge >= 0.3 is 0 Å². The molecule has 1 amide bonds. The highest BCUT2D eigenvalue weighted by atomic mass is 32.2. The standard InChI is InChI=1S/C13H14FN3OS2/c1-17(8-2-3-20-6-8)12(18)9-4-7(14)5-10-11(9)16-13(19)15-10/h4-5,8H,2-3,6H2,1H3,(H2,15,16,19)/t8-/m1/s1. The highest BCUT2D eigenvalue weighted by Gasteiger charge is 2.26. The highest BCUT2D eigenvalue weighted by Crippen LogP contribution is 2.25. The third-order valence-corrected chi connectivity index (χ3v) is 4.94. The van der Waals surface area contributed by atoms with Gasteiger partial charge in [0.2, 0.25) is 0 Å². The maximum atomic E-state index is 13.7. The van der Waals surface area contributed by atoms with Gasteiger partial charge in [0.25, 0.3) is 5.91 Å². The Hall–Kier alpha value is -1.34. The normalized spacial score (nSPS) is 18.6. The van der Waals surface area contributed by atoms with Crippen LogP contribution in [0.3, 0.4) is 0 Å². The first kappa shape index (κ1) is 13.6. The topological polar surface area (TPSA) is 51.9 Å². The van der Waals surface area contributed by atoms with Gasteiger partial charge in [-0.15, -0.1) is 0 Å². The van der Waals surface area contributed by atoms with Crippen LogP contribution in [0, 0.1) is 10.6 Å². The number of hydrogen-bond acceptors (Lipinski definition) is 3. The maximum Gasteiger partial charge on any atom is 0.256 e. The summed E-state index contributed by atoms with van der Waals surface area (Å²) >= 11 is 6.85. The molecule has 1 aliphatic heterocycles. The number of hydrogen-bond donors (Lipinski definition) is 2. The van der Waals surface area contributed by atoms with Crippen molar-refractivity contribution in [1.29, 1.82) is 0 Å². The van der Waals surface area contributed by atoms with Crippen LogP contribution >= 0.6 is 24.0 Å². The average Bonchev–Trinajstić information content (AvgIpc) is 3.04. The zero-order chi connectivity index (χ0) is 14.3. The summed E-state index contributed by atoms with van der Waals surface area (Å²) < 4.78 is 14.1. The summed E-state index contributed by atoms with van der Waals surface area (Å²) in [5.41, 5.74) is 1.41. The van der Waals surface area contributed by atoms with E-state index in [0.717, 1.165) is 17.9 Å². The Bertz CT molecular complexity index is 718. The van der Waals surface area contributed by atoms with Gasteiger partial charge in [-0.05, 0) is 36.5 Å². The molecule has 1 aromatic heterocycles. The number of thioether (sulfide) groups is 1. The summed E-state index contributed by atoms with van der Waals surface area (Å²) in [6.07, 6.45) is 0.981. The first-order valence-corrected chi connectivity index (χ1v) is 7.89. The minimum absolute atomic E-state index is 0.174. The monoisotopic (exact) mass is 311 g/mol. The van der Waals surface area contributed by atoms with Crippen LogP contribution in [-0.4, -0.2) is 45.4 Å². The predicted octanol–water partition coefficient (Wildman–Crippen LogP) is 2.94. The van der Waals surface area contributed by atoms with Crippen molar-refractivity contribution in [2.45, 2.75) is 12.5 Å². The van der Waals surface area contributed by atoms with Crippen LogP contribution in [0.1, 0.15) is 16.8 Å². The summed E-state index contributed by atoms with van der Waals surface area (Å²) in [4.78, 5) is 20.1. The summed E-state index contributed by atoms with van der Waals surface area (Å²) in [6, 6.07) is 2.82. The van der Waals surface area contributed by atoms with E-state index in [2.05, 4.69) is 9.97 Å². The van der Waals surface area contributed by atoms with Crippen LogP contribution in [0.4, 0.5) is 4.39 Å². The van der Waals surface area contributed by atoms with E-state index in [1.54, 1.807) is 11.9 Å². The number of carbonyl (C=O) groups excluding carboxylic acids is 1. The molecule has 0 spiro atoms. The second-order valence-electron chi connectivity index (χ2n) is 4.89. The van der Waals surface area contributed by atoms with Gasteiger partial charge in [-0.3, -0.25) is 4.79 Å².